The maximum atomic E-state index is 13.1. The summed E-state index contributed by atoms with van der Waals surface area (Å²) in [6, 6.07) is 38.5. The van der Waals surface area contributed by atoms with Crippen LogP contribution in [0, 0.1) is 21.4 Å². The minimum Gasteiger partial charge on any atom is -0.445 e. The number of nitriles is 1. The van der Waals surface area contributed by atoms with E-state index in [-0.39, 0.29) is 17.5 Å². The number of nitrogens with zero attached hydrogens (tertiary/aromatic N) is 3. The molecule has 0 N–H and O–H groups in total. The van der Waals surface area contributed by atoms with E-state index >= 15 is 0 Å². The maximum absolute atomic E-state index is 13.1. The Labute approximate surface area is 237 Å². The summed E-state index contributed by atoms with van der Waals surface area (Å²) in [6.07, 6.45) is -0.0695. The van der Waals surface area contributed by atoms with Gasteiger partial charge in [-0.15, -0.1) is 11.8 Å². The van der Waals surface area contributed by atoms with Crippen molar-refractivity contribution in [1.82, 2.24) is 4.90 Å². The predicted octanol–water partition coefficient (Wildman–Crippen LogP) is 6.92. The highest BCUT2D eigenvalue weighted by Crippen LogP contribution is 2.52. The van der Waals surface area contributed by atoms with Gasteiger partial charge in [-0.05, 0) is 40.8 Å². The van der Waals surface area contributed by atoms with Crippen molar-refractivity contribution < 1.29 is 14.5 Å². The molecule has 0 radical (unpaired) electrons. The molecule has 0 spiro atoms. The van der Waals surface area contributed by atoms with Crippen LogP contribution in [0.25, 0.3) is 0 Å². The summed E-state index contributed by atoms with van der Waals surface area (Å²) >= 11 is 1.75. The average Bonchev–Trinajstić information content (AvgIpc) is 3.43. The number of nitro benzene ring substituents is 1. The number of non-ortho nitro benzene ring substituents is 1. The molecule has 0 aliphatic carbocycles. The number of rotatable bonds is 8. The Kier molecular flexibility index (Phi) is 8.13. The topological polar surface area (TPSA) is 96.5 Å². The number of benzene rings is 4. The average molecular weight is 550 g/mol. The lowest BCUT2D eigenvalue weighted by Gasteiger charge is -2.37. The second kappa shape index (κ2) is 12.1. The molecule has 200 valence electrons. The van der Waals surface area contributed by atoms with E-state index in [2.05, 4.69) is 42.5 Å². The molecule has 4 aromatic rings. The van der Waals surface area contributed by atoms with Gasteiger partial charge in [-0.1, -0.05) is 91.0 Å². The normalized spacial score (nSPS) is 16.7. The highest BCUT2D eigenvalue weighted by Gasteiger charge is 2.44. The van der Waals surface area contributed by atoms with Crippen molar-refractivity contribution in [1.29, 1.82) is 5.26 Å². The van der Waals surface area contributed by atoms with Crippen molar-refractivity contribution in [3.05, 3.63) is 148 Å². The molecule has 5 rings (SSSR count). The van der Waals surface area contributed by atoms with Crippen molar-refractivity contribution in [2.24, 2.45) is 0 Å². The fourth-order valence-electron chi connectivity index (χ4n) is 5.12. The summed E-state index contributed by atoms with van der Waals surface area (Å²) in [5, 5.41) is 20.8. The summed E-state index contributed by atoms with van der Waals surface area (Å²) in [5.41, 5.74) is 3.95. The van der Waals surface area contributed by atoms with Gasteiger partial charge < -0.3 is 4.74 Å². The molecule has 0 unspecified atom stereocenters. The van der Waals surface area contributed by atoms with E-state index in [1.54, 1.807) is 23.9 Å². The molecule has 1 heterocycles. The molecule has 0 aromatic heterocycles. The highest BCUT2D eigenvalue weighted by molar-refractivity contribution is 8.01. The van der Waals surface area contributed by atoms with Gasteiger partial charge in [0.15, 0.2) is 0 Å². The van der Waals surface area contributed by atoms with Gasteiger partial charge in [-0.3, -0.25) is 15.0 Å². The third-order valence-electron chi connectivity index (χ3n) is 7.04. The van der Waals surface area contributed by atoms with Gasteiger partial charge in [0.2, 0.25) is 0 Å². The second-order valence-electron chi connectivity index (χ2n) is 9.53. The lowest BCUT2D eigenvalue weighted by molar-refractivity contribution is -0.384. The van der Waals surface area contributed by atoms with Crippen LogP contribution >= 0.6 is 11.8 Å². The number of likely N-dealkylation sites (tertiary alicyclic amines) is 1. The number of nitro groups is 1. The highest BCUT2D eigenvalue weighted by atomic mass is 32.2. The Morgan fingerprint density at radius 1 is 0.900 bits per heavy atom. The molecule has 1 aliphatic heterocycles. The standard InChI is InChI=1S/C32H27N3O4S/c33-21-29-20-30(22-34(29)31(36)39-23-24-16-18-28(19-17-24)35(37)38)40-32(25-10-4-1-5-11-25,26-12-6-2-7-13-26)27-14-8-3-9-15-27/h1-19,29-30H,20,22-23H2/t29-,30-/m0/s1. The Balaban J connectivity index is 1.41. The molecule has 1 amide bonds. The number of hydrogen-bond donors (Lipinski definition) is 0. The fourth-order valence-corrected chi connectivity index (χ4v) is 6.95. The number of hydrogen-bond acceptors (Lipinski definition) is 6. The molecular formula is C32H27N3O4S. The zero-order chi connectivity index (χ0) is 28.0. The zero-order valence-corrected chi connectivity index (χ0v) is 22.4. The molecule has 7 nitrogen and oxygen atoms in total. The van der Waals surface area contributed by atoms with E-state index in [1.165, 1.54) is 17.0 Å². The van der Waals surface area contributed by atoms with Gasteiger partial charge in [-0.2, -0.15) is 5.26 Å². The SMILES string of the molecule is N#C[C@@H]1C[C@H](SC(c2ccccc2)(c2ccccc2)c2ccccc2)CN1C(=O)OCc1ccc([N+](=O)[O-])cc1. The van der Waals surface area contributed by atoms with E-state index in [0.29, 0.717) is 18.5 Å². The van der Waals surface area contributed by atoms with Crippen LogP contribution in [0.15, 0.2) is 115 Å². The first-order valence-electron chi connectivity index (χ1n) is 12.9. The maximum Gasteiger partial charge on any atom is 0.411 e. The smallest absolute Gasteiger partial charge is 0.411 e. The van der Waals surface area contributed by atoms with Gasteiger partial charge in [0.25, 0.3) is 5.69 Å². The van der Waals surface area contributed by atoms with Crippen LogP contribution in [-0.4, -0.2) is 33.8 Å². The monoisotopic (exact) mass is 549 g/mol. The molecule has 4 aromatic carbocycles. The van der Waals surface area contributed by atoms with Crippen LogP contribution < -0.4 is 0 Å². The summed E-state index contributed by atoms with van der Waals surface area (Å²) in [7, 11) is 0. The van der Waals surface area contributed by atoms with Crippen LogP contribution in [0.2, 0.25) is 0 Å². The summed E-state index contributed by atoms with van der Waals surface area (Å²) in [4.78, 5) is 25.0. The molecular weight excluding hydrogens is 522 g/mol. The molecule has 40 heavy (non-hydrogen) atoms. The van der Waals surface area contributed by atoms with Crippen molar-refractivity contribution in [3.63, 3.8) is 0 Å². The van der Waals surface area contributed by atoms with E-state index in [0.717, 1.165) is 16.7 Å². The molecule has 0 bridgehead atoms. The number of carbonyl (C=O) groups is 1. The number of thioether (sulfide) groups is 1. The molecule has 1 aliphatic rings. The fraction of sp³-hybridized carbons (Fsp3) is 0.188. The molecule has 8 heteroatoms. The number of ether oxygens (including phenoxy) is 1. The van der Waals surface area contributed by atoms with Gasteiger partial charge >= 0.3 is 6.09 Å². The van der Waals surface area contributed by atoms with Gasteiger partial charge in [0, 0.05) is 23.9 Å². The Morgan fingerprint density at radius 3 is 1.85 bits per heavy atom. The van der Waals surface area contributed by atoms with E-state index in [9.17, 15) is 20.2 Å². The Morgan fingerprint density at radius 2 is 1.40 bits per heavy atom. The predicted molar refractivity (Wildman–Crippen MR) is 155 cm³/mol. The lowest BCUT2D eigenvalue weighted by atomic mass is 9.84. The summed E-state index contributed by atoms with van der Waals surface area (Å²) in [6.45, 7) is 0.321. The van der Waals surface area contributed by atoms with E-state index in [4.69, 9.17) is 4.74 Å². The Hall–Kier alpha value is -4.61. The van der Waals surface area contributed by atoms with Crippen LogP contribution in [0.3, 0.4) is 0 Å². The van der Waals surface area contributed by atoms with Crippen LogP contribution in [0.4, 0.5) is 10.5 Å². The van der Waals surface area contributed by atoms with Crippen molar-refractivity contribution >= 4 is 23.5 Å². The zero-order valence-electron chi connectivity index (χ0n) is 21.6. The minimum atomic E-state index is -0.623. The first kappa shape index (κ1) is 27.0. The third-order valence-corrected chi connectivity index (χ3v) is 8.78. The molecule has 0 saturated carbocycles. The number of amides is 1. The molecule has 1 saturated heterocycles. The van der Waals surface area contributed by atoms with Crippen molar-refractivity contribution in [2.75, 3.05) is 6.54 Å². The largest absolute Gasteiger partial charge is 0.445 e. The van der Waals surface area contributed by atoms with Crippen molar-refractivity contribution in [3.8, 4) is 6.07 Å². The van der Waals surface area contributed by atoms with Crippen LogP contribution in [0.1, 0.15) is 28.7 Å². The molecule has 2 atom stereocenters. The summed E-state index contributed by atoms with van der Waals surface area (Å²) < 4.78 is 4.97. The lowest BCUT2D eigenvalue weighted by Crippen LogP contribution is -2.36. The minimum absolute atomic E-state index is 0.0298. The van der Waals surface area contributed by atoms with E-state index < -0.39 is 21.8 Å². The van der Waals surface area contributed by atoms with Crippen LogP contribution in [0.5, 0.6) is 0 Å². The second-order valence-corrected chi connectivity index (χ2v) is 11.0. The summed E-state index contributed by atoms with van der Waals surface area (Å²) in [5.74, 6) is 0. The van der Waals surface area contributed by atoms with Crippen molar-refractivity contribution in [2.45, 2.75) is 29.1 Å². The Bertz CT molecular complexity index is 1400. The quantitative estimate of drug-likeness (QED) is 0.134. The number of carbonyl (C=O) groups excluding carboxylic acids is 1. The van der Waals surface area contributed by atoms with Gasteiger partial charge in [0.1, 0.15) is 12.6 Å². The third kappa shape index (κ3) is 5.56. The molecule has 1 fully saturated rings. The van der Waals surface area contributed by atoms with Crippen LogP contribution in [-0.2, 0) is 16.1 Å². The van der Waals surface area contributed by atoms with Gasteiger partial charge in [-0.25, -0.2) is 4.79 Å². The van der Waals surface area contributed by atoms with Gasteiger partial charge in [0.05, 0.1) is 15.7 Å². The van der Waals surface area contributed by atoms with E-state index in [1.807, 2.05) is 54.6 Å². The first-order valence-corrected chi connectivity index (χ1v) is 13.8. The first-order chi connectivity index (χ1) is 19.5.